The van der Waals surface area contributed by atoms with E-state index in [2.05, 4.69) is 17.4 Å². The first-order valence-electron chi connectivity index (χ1n) is 7.58. The second kappa shape index (κ2) is 7.40. The van der Waals surface area contributed by atoms with Crippen LogP contribution in [0.4, 0.5) is 4.79 Å². The summed E-state index contributed by atoms with van der Waals surface area (Å²) in [6.07, 6.45) is 7.50. The Balaban J connectivity index is 2.68. The molecule has 1 heterocycles. The van der Waals surface area contributed by atoms with Crippen LogP contribution < -0.4 is 0 Å². The lowest BCUT2D eigenvalue weighted by Gasteiger charge is -2.39. The summed E-state index contributed by atoms with van der Waals surface area (Å²) in [5.41, 5.74) is 0.602. The molecule has 21 heavy (non-hydrogen) atoms. The van der Waals surface area contributed by atoms with E-state index in [1.54, 1.807) is 4.90 Å². The number of terminal acetylenes is 1. The van der Waals surface area contributed by atoms with E-state index in [1.165, 1.54) is 0 Å². The van der Waals surface area contributed by atoms with Crippen molar-refractivity contribution in [1.29, 1.82) is 0 Å². The molecule has 0 N–H and O–H groups in total. The Morgan fingerprint density at radius 3 is 2.43 bits per heavy atom. The van der Waals surface area contributed by atoms with Gasteiger partial charge in [-0.15, -0.1) is 12.3 Å². The number of allylic oxidation sites excluding steroid dienone is 1. The van der Waals surface area contributed by atoms with Gasteiger partial charge in [0.15, 0.2) is 0 Å². The van der Waals surface area contributed by atoms with Crippen LogP contribution in [-0.4, -0.2) is 47.2 Å². The molecule has 0 spiro atoms. The van der Waals surface area contributed by atoms with Crippen LogP contribution in [0.2, 0.25) is 0 Å². The zero-order valence-electron chi connectivity index (χ0n) is 13.8. The SMILES string of the molecule is C#CCCN(C(=O)OC(C)(C)C)C1CCN(C(=C)C)CC1. The van der Waals surface area contributed by atoms with Gasteiger partial charge in [-0.2, -0.15) is 0 Å². The number of amides is 1. The number of ether oxygens (including phenoxy) is 1. The summed E-state index contributed by atoms with van der Waals surface area (Å²) in [5.74, 6) is 2.61. The van der Waals surface area contributed by atoms with Gasteiger partial charge in [0.2, 0.25) is 0 Å². The van der Waals surface area contributed by atoms with E-state index in [-0.39, 0.29) is 12.1 Å². The van der Waals surface area contributed by atoms with Gasteiger partial charge in [-0.3, -0.25) is 0 Å². The summed E-state index contributed by atoms with van der Waals surface area (Å²) in [4.78, 5) is 16.4. The molecule has 1 rings (SSSR count). The van der Waals surface area contributed by atoms with E-state index >= 15 is 0 Å². The van der Waals surface area contributed by atoms with Crippen molar-refractivity contribution in [3.63, 3.8) is 0 Å². The average molecular weight is 292 g/mol. The highest BCUT2D eigenvalue weighted by Crippen LogP contribution is 2.21. The predicted octanol–water partition coefficient (Wildman–Crippen LogP) is 3.24. The molecule has 0 aromatic rings. The molecule has 0 bridgehead atoms. The maximum Gasteiger partial charge on any atom is 0.410 e. The van der Waals surface area contributed by atoms with E-state index in [0.29, 0.717) is 13.0 Å². The third-order valence-electron chi connectivity index (χ3n) is 3.57. The third-order valence-corrected chi connectivity index (χ3v) is 3.57. The van der Waals surface area contributed by atoms with Crippen molar-refractivity contribution < 1.29 is 9.53 Å². The quantitative estimate of drug-likeness (QED) is 0.746. The molecule has 0 unspecified atom stereocenters. The Hall–Kier alpha value is -1.63. The lowest BCUT2D eigenvalue weighted by Crippen LogP contribution is -2.48. The topological polar surface area (TPSA) is 32.8 Å². The number of hydrogen-bond acceptors (Lipinski definition) is 3. The van der Waals surface area contributed by atoms with E-state index < -0.39 is 5.60 Å². The Morgan fingerprint density at radius 1 is 1.43 bits per heavy atom. The second-order valence-electron chi connectivity index (χ2n) is 6.58. The van der Waals surface area contributed by atoms with E-state index in [1.807, 2.05) is 27.7 Å². The van der Waals surface area contributed by atoms with Crippen molar-refractivity contribution in [1.82, 2.24) is 9.80 Å². The summed E-state index contributed by atoms with van der Waals surface area (Å²) in [6, 6.07) is 0.198. The molecule has 4 nitrogen and oxygen atoms in total. The van der Waals surface area contributed by atoms with Crippen LogP contribution in [-0.2, 0) is 4.74 Å². The second-order valence-corrected chi connectivity index (χ2v) is 6.58. The summed E-state index contributed by atoms with van der Waals surface area (Å²) in [6.45, 7) is 14.1. The van der Waals surface area contributed by atoms with E-state index in [0.717, 1.165) is 31.6 Å². The molecule has 1 fully saturated rings. The average Bonchev–Trinajstić information content (AvgIpc) is 2.37. The first kappa shape index (κ1) is 17.4. The van der Waals surface area contributed by atoms with E-state index in [4.69, 9.17) is 11.2 Å². The molecule has 0 atom stereocenters. The molecule has 1 saturated heterocycles. The Morgan fingerprint density at radius 2 is 2.00 bits per heavy atom. The van der Waals surface area contributed by atoms with Crippen LogP contribution in [0.3, 0.4) is 0 Å². The lowest BCUT2D eigenvalue weighted by atomic mass is 10.0. The van der Waals surface area contributed by atoms with Crippen molar-refractivity contribution in [3.05, 3.63) is 12.3 Å². The molecule has 1 aliphatic heterocycles. The molecule has 0 saturated carbocycles. The minimum atomic E-state index is -0.482. The van der Waals surface area contributed by atoms with Gasteiger partial charge >= 0.3 is 6.09 Å². The van der Waals surface area contributed by atoms with Crippen LogP contribution >= 0.6 is 0 Å². The molecule has 0 aromatic heterocycles. The Labute approximate surface area is 129 Å². The maximum absolute atomic E-state index is 12.4. The van der Waals surface area contributed by atoms with Gasteiger partial charge in [-0.25, -0.2) is 4.79 Å². The van der Waals surface area contributed by atoms with Gasteiger partial charge in [-0.05, 0) is 40.5 Å². The van der Waals surface area contributed by atoms with Crippen LogP contribution in [0.5, 0.6) is 0 Å². The van der Waals surface area contributed by atoms with Gasteiger partial charge in [0.1, 0.15) is 5.60 Å². The first-order valence-corrected chi connectivity index (χ1v) is 7.58. The number of hydrogen-bond donors (Lipinski definition) is 0. The first-order chi connectivity index (χ1) is 9.74. The van der Waals surface area contributed by atoms with Gasteiger partial charge in [0.05, 0.1) is 0 Å². The van der Waals surface area contributed by atoms with Gasteiger partial charge in [0.25, 0.3) is 0 Å². The number of rotatable bonds is 4. The van der Waals surface area contributed by atoms with Crippen molar-refractivity contribution in [2.75, 3.05) is 19.6 Å². The summed E-state index contributed by atoms with van der Waals surface area (Å²) < 4.78 is 5.51. The number of piperidine rings is 1. The zero-order valence-corrected chi connectivity index (χ0v) is 13.8. The van der Waals surface area contributed by atoms with Crippen LogP contribution in [0.1, 0.15) is 47.0 Å². The predicted molar refractivity (Wildman–Crippen MR) is 85.8 cm³/mol. The van der Waals surface area contributed by atoms with Crippen molar-refractivity contribution in [2.24, 2.45) is 0 Å². The van der Waals surface area contributed by atoms with Crippen molar-refractivity contribution in [3.8, 4) is 12.3 Å². The number of carbonyl (C=O) groups excluding carboxylic acids is 1. The molecule has 0 aromatic carbocycles. The largest absolute Gasteiger partial charge is 0.444 e. The molecular weight excluding hydrogens is 264 g/mol. The lowest BCUT2D eigenvalue weighted by molar-refractivity contribution is 0.0102. The summed E-state index contributed by atoms with van der Waals surface area (Å²) in [5, 5.41) is 0. The fraction of sp³-hybridized carbons (Fsp3) is 0.706. The van der Waals surface area contributed by atoms with Crippen LogP contribution in [0.25, 0.3) is 0 Å². The van der Waals surface area contributed by atoms with Gasteiger partial charge < -0.3 is 14.5 Å². The molecule has 1 amide bonds. The standard InChI is InChI=1S/C17H28N2O2/c1-7-8-11-19(16(20)21-17(4,5)6)15-9-12-18(13-10-15)14(2)3/h1,15H,2,8-13H2,3-6H3. The van der Waals surface area contributed by atoms with Crippen molar-refractivity contribution >= 4 is 6.09 Å². The molecule has 0 aliphatic carbocycles. The third kappa shape index (κ3) is 5.71. The fourth-order valence-electron chi connectivity index (χ4n) is 2.49. The normalized spacial score (nSPS) is 16.2. The molecular formula is C17H28N2O2. The number of likely N-dealkylation sites (tertiary alicyclic amines) is 1. The zero-order chi connectivity index (χ0) is 16.0. The minimum absolute atomic E-state index is 0.198. The highest BCUT2D eigenvalue weighted by molar-refractivity contribution is 5.68. The molecule has 1 aliphatic rings. The fourth-order valence-corrected chi connectivity index (χ4v) is 2.49. The number of carbonyl (C=O) groups is 1. The monoisotopic (exact) mass is 292 g/mol. The highest BCUT2D eigenvalue weighted by Gasteiger charge is 2.30. The van der Waals surface area contributed by atoms with Gasteiger partial charge in [-0.1, -0.05) is 6.58 Å². The number of nitrogens with zero attached hydrogens (tertiary/aromatic N) is 2. The molecule has 4 heteroatoms. The summed E-state index contributed by atoms with van der Waals surface area (Å²) in [7, 11) is 0. The van der Waals surface area contributed by atoms with Crippen LogP contribution in [0.15, 0.2) is 12.3 Å². The smallest absolute Gasteiger partial charge is 0.410 e. The molecule has 0 radical (unpaired) electrons. The Bertz CT molecular complexity index is 409. The van der Waals surface area contributed by atoms with Crippen molar-refractivity contribution in [2.45, 2.75) is 58.6 Å². The minimum Gasteiger partial charge on any atom is -0.444 e. The highest BCUT2D eigenvalue weighted by atomic mass is 16.6. The summed E-state index contributed by atoms with van der Waals surface area (Å²) >= 11 is 0. The molecule has 118 valence electrons. The van der Waals surface area contributed by atoms with Gasteiger partial charge in [0, 0.05) is 37.8 Å². The Kier molecular flexibility index (Phi) is 6.14. The van der Waals surface area contributed by atoms with Crippen LogP contribution in [0, 0.1) is 12.3 Å². The van der Waals surface area contributed by atoms with E-state index in [9.17, 15) is 4.79 Å². The maximum atomic E-state index is 12.4.